The molecule has 0 unspecified atom stereocenters. The minimum absolute atomic E-state index is 0.282. The first-order chi connectivity index (χ1) is 15.8. The first-order valence-corrected chi connectivity index (χ1v) is 12.9. The van der Waals surface area contributed by atoms with Gasteiger partial charge in [0, 0.05) is 60.6 Å². The summed E-state index contributed by atoms with van der Waals surface area (Å²) in [4.78, 5) is 7.40. The van der Waals surface area contributed by atoms with Gasteiger partial charge in [-0.2, -0.15) is 5.10 Å². The molecule has 4 aromatic rings. The van der Waals surface area contributed by atoms with Gasteiger partial charge in [-0.25, -0.2) is 17.9 Å². The lowest BCUT2D eigenvalue weighted by molar-refractivity contribution is 0.432. The Morgan fingerprint density at radius 1 is 0.939 bits per heavy atom. The molecule has 2 atom stereocenters. The lowest BCUT2D eigenvalue weighted by Crippen LogP contribution is -2.55. The lowest BCUT2D eigenvalue weighted by atomic mass is 10.0. The molecule has 0 saturated carbocycles. The number of benzene rings is 2. The Kier molecular flexibility index (Phi) is 5.42. The van der Waals surface area contributed by atoms with Crippen molar-refractivity contribution in [1.82, 2.24) is 19.9 Å². The van der Waals surface area contributed by atoms with E-state index in [2.05, 4.69) is 58.4 Å². The summed E-state index contributed by atoms with van der Waals surface area (Å²) in [6, 6.07) is 16.4. The maximum atomic E-state index is 11.9. The predicted molar refractivity (Wildman–Crippen MR) is 131 cm³/mol. The number of rotatable bonds is 4. The molecule has 0 amide bonds. The van der Waals surface area contributed by atoms with Crippen molar-refractivity contribution < 1.29 is 8.42 Å². The number of aromatic nitrogens is 3. The average molecular weight is 462 g/mol. The molecule has 0 bridgehead atoms. The van der Waals surface area contributed by atoms with Gasteiger partial charge in [0.25, 0.3) is 0 Å². The molecule has 1 fully saturated rings. The second-order valence-electron chi connectivity index (χ2n) is 8.78. The van der Waals surface area contributed by atoms with E-state index in [4.69, 9.17) is 0 Å². The van der Waals surface area contributed by atoms with Crippen LogP contribution in [0.1, 0.15) is 13.8 Å². The SMILES string of the molecule is C[C@@H]1CNC[C@H](C)N1c1ccc(-c2cnc3c(-c4cccc(S(C)(=O)=O)c4)cnn3c2)cc1. The number of sulfone groups is 1. The quantitative estimate of drug-likeness (QED) is 0.500. The number of nitrogens with one attached hydrogen (secondary N) is 1. The normalized spacial score (nSPS) is 19.2. The number of piperazine rings is 1. The Morgan fingerprint density at radius 2 is 1.67 bits per heavy atom. The molecule has 2 aromatic heterocycles. The van der Waals surface area contributed by atoms with Crippen LogP contribution >= 0.6 is 0 Å². The Hall–Kier alpha value is -3.23. The van der Waals surface area contributed by atoms with Gasteiger partial charge in [-0.3, -0.25) is 0 Å². The summed E-state index contributed by atoms with van der Waals surface area (Å²) in [5.41, 5.74) is 5.52. The van der Waals surface area contributed by atoms with E-state index in [1.54, 1.807) is 28.9 Å². The van der Waals surface area contributed by atoms with Gasteiger partial charge in [-0.05, 0) is 49.2 Å². The van der Waals surface area contributed by atoms with Crippen molar-refractivity contribution in [2.24, 2.45) is 0 Å². The zero-order chi connectivity index (χ0) is 23.2. The largest absolute Gasteiger partial charge is 0.364 e. The van der Waals surface area contributed by atoms with Crippen molar-refractivity contribution >= 4 is 21.2 Å². The molecule has 3 heterocycles. The monoisotopic (exact) mass is 461 g/mol. The van der Waals surface area contributed by atoms with Crippen LogP contribution in [0.2, 0.25) is 0 Å². The van der Waals surface area contributed by atoms with Crippen LogP contribution in [0.4, 0.5) is 5.69 Å². The fraction of sp³-hybridized carbons (Fsp3) is 0.280. The summed E-state index contributed by atoms with van der Waals surface area (Å²) in [6.45, 7) is 6.47. The summed E-state index contributed by atoms with van der Waals surface area (Å²) < 4.78 is 25.6. The first kappa shape index (κ1) is 21.6. The van der Waals surface area contributed by atoms with Crippen LogP contribution < -0.4 is 10.2 Å². The van der Waals surface area contributed by atoms with Crippen molar-refractivity contribution in [3.8, 4) is 22.3 Å². The van der Waals surface area contributed by atoms with E-state index in [1.165, 1.54) is 11.9 Å². The van der Waals surface area contributed by atoms with Gasteiger partial charge in [0.15, 0.2) is 15.5 Å². The second-order valence-corrected chi connectivity index (χ2v) is 10.8. The van der Waals surface area contributed by atoms with E-state index in [-0.39, 0.29) is 4.90 Å². The van der Waals surface area contributed by atoms with Crippen LogP contribution in [0.25, 0.3) is 27.9 Å². The average Bonchev–Trinajstić information content (AvgIpc) is 3.22. The maximum absolute atomic E-state index is 11.9. The zero-order valence-corrected chi connectivity index (χ0v) is 19.7. The lowest BCUT2D eigenvalue weighted by Gasteiger charge is -2.41. The molecule has 7 nitrogen and oxygen atoms in total. The van der Waals surface area contributed by atoms with Crippen molar-refractivity contribution in [2.45, 2.75) is 30.8 Å². The van der Waals surface area contributed by atoms with Gasteiger partial charge in [0.2, 0.25) is 0 Å². The van der Waals surface area contributed by atoms with Gasteiger partial charge >= 0.3 is 0 Å². The fourth-order valence-corrected chi connectivity index (χ4v) is 5.26. The van der Waals surface area contributed by atoms with E-state index in [0.29, 0.717) is 17.7 Å². The summed E-state index contributed by atoms with van der Waals surface area (Å²) >= 11 is 0. The van der Waals surface area contributed by atoms with Crippen molar-refractivity contribution in [3.05, 3.63) is 67.1 Å². The third-order valence-corrected chi connectivity index (χ3v) is 7.37. The highest BCUT2D eigenvalue weighted by Gasteiger charge is 2.24. The summed E-state index contributed by atoms with van der Waals surface area (Å²) in [5, 5.41) is 7.95. The maximum Gasteiger partial charge on any atom is 0.175 e. The molecule has 1 N–H and O–H groups in total. The molecule has 33 heavy (non-hydrogen) atoms. The molecule has 1 aliphatic heterocycles. The summed E-state index contributed by atoms with van der Waals surface area (Å²) in [6.07, 6.45) is 6.73. The highest BCUT2D eigenvalue weighted by molar-refractivity contribution is 7.90. The highest BCUT2D eigenvalue weighted by atomic mass is 32.2. The molecule has 0 spiro atoms. The number of nitrogens with zero attached hydrogens (tertiary/aromatic N) is 4. The molecule has 2 aromatic carbocycles. The minimum atomic E-state index is -3.29. The standard InChI is InChI=1S/C25H27N5O2S/c1-17-12-26-13-18(2)30(17)22-9-7-19(8-10-22)21-14-27-25-24(15-28-29(25)16-21)20-5-4-6-23(11-20)33(3,31)32/h4-11,14-18,26H,12-13H2,1-3H3/t17-,18+. The fourth-order valence-electron chi connectivity index (χ4n) is 4.59. The van der Waals surface area contributed by atoms with E-state index >= 15 is 0 Å². The highest BCUT2D eigenvalue weighted by Crippen LogP contribution is 2.29. The van der Waals surface area contributed by atoms with Crippen LogP contribution in [-0.2, 0) is 9.84 Å². The van der Waals surface area contributed by atoms with Gasteiger partial charge in [0.05, 0.1) is 11.1 Å². The number of anilines is 1. The molecular weight excluding hydrogens is 434 g/mol. The van der Waals surface area contributed by atoms with E-state index < -0.39 is 9.84 Å². The third kappa shape index (κ3) is 4.12. The van der Waals surface area contributed by atoms with Crippen LogP contribution in [0, 0.1) is 0 Å². The summed E-state index contributed by atoms with van der Waals surface area (Å²) in [7, 11) is -3.29. The van der Waals surface area contributed by atoms with Gasteiger partial charge in [-0.15, -0.1) is 0 Å². The van der Waals surface area contributed by atoms with Gasteiger partial charge in [-0.1, -0.05) is 24.3 Å². The van der Waals surface area contributed by atoms with E-state index in [9.17, 15) is 8.42 Å². The van der Waals surface area contributed by atoms with Crippen LogP contribution in [0.15, 0.2) is 72.0 Å². The molecule has 0 radical (unpaired) electrons. The number of hydrogen-bond acceptors (Lipinski definition) is 6. The first-order valence-electron chi connectivity index (χ1n) is 11.0. The molecule has 0 aliphatic carbocycles. The smallest absolute Gasteiger partial charge is 0.175 e. The second kappa shape index (κ2) is 8.28. The molecule has 5 rings (SSSR count). The van der Waals surface area contributed by atoms with Crippen LogP contribution in [0.3, 0.4) is 0 Å². The van der Waals surface area contributed by atoms with E-state index in [0.717, 1.165) is 35.3 Å². The van der Waals surface area contributed by atoms with Crippen molar-refractivity contribution in [1.29, 1.82) is 0 Å². The minimum Gasteiger partial charge on any atom is -0.364 e. The molecular formula is C25H27N5O2S. The van der Waals surface area contributed by atoms with Crippen molar-refractivity contribution in [3.63, 3.8) is 0 Å². The van der Waals surface area contributed by atoms with E-state index in [1.807, 2.05) is 18.5 Å². The molecule has 170 valence electrons. The third-order valence-electron chi connectivity index (χ3n) is 6.26. The Labute approximate surface area is 194 Å². The van der Waals surface area contributed by atoms with Crippen molar-refractivity contribution in [2.75, 3.05) is 24.2 Å². The van der Waals surface area contributed by atoms with Crippen LogP contribution in [0.5, 0.6) is 0 Å². The Bertz CT molecular complexity index is 1400. The molecule has 8 heteroatoms. The molecule has 1 saturated heterocycles. The summed E-state index contributed by atoms with van der Waals surface area (Å²) in [5.74, 6) is 0. The zero-order valence-electron chi connectivity index (χ0n) is 18.9. The predicted octanol–water partition coefficient (Wildman–Crippen LogP) is 3.65. The van der Waals surface area contributed by atoms with Gasteiger partial charge < -0.3 is 10.2 Å². The van der Waals surface area contributed by atoms with Gasteiger partial charge in [0.1, 0.15) is 0 Å². The topological polar surface area (TPSA) is 79.6 Å². The Morgan fingerprint density at radius 3 is 2.36 bits per heavy atom. The van der Waals surface area contributed by atoms with Crippen LogP contribution in [-0.4, -0.2) is 54.4 Å². The number of fused-ring (bicyclic) bond motifs is 1. The Balaban J connectivity index is 1.46. The number of hydrogen-bond donors (Lipinski definition) is 1. The molecule has 1 aliphatic rings.